The second-order valence-corrected chi connectivity index (χ2v) is 5.09. The van der Waals surface area contributed by atoms with E-state index in [0.717, 1.165) is 6.07 Å². The zero-order chi connectivity index (χ0) is 15.9. The average Bonchev–Trinajstić information content (AvgIpc) is 2.37. The summed E-state index contributed by atoms with van der Waals surface area (Å²) in [7, 11) is 0. The standard InChI is InChI=1S/C14H14N2O5/c1-7(2)15-6-10(14(18)19)13(17)9-5-11(16(20)21)8(3)4-12(9)15/h4-7H,1-3H3,(H,18,19). The molecule has 2 aromatic rings. The summed E-state index contributed by atoms with van der Waals surface area (Å²) in [5.74, 6) is -1.35. The molecule has 0 unspecified atom stereocenters. The number of hydrogen-bond donors (Lipinski definition) is 1. The van der Waals surface area contributed by atoms with Gasteiger partial charge in [-0.05, 0) is 26.8 Å². The van der Waals surface area contributed by atoms with Crippen LogP contribution in [-0.2, 0) is 0 Å². The smallest absolute Gasteiger partial charge is 0.341 e. The van der Waals surface area contributed by atoms with Crippen LogP contribution < -0.4 is 5.43 Å². The molecule has 0 aliphatic rings. The maximum absolute atomic E-state index is 12.2. The van der Waals surface area contributed by atoms with E-state index in [2.05, 4.69) is 0 Å². The molecule has 110 valence electrons. The predicted molar refractivity (Wildman–Crippen MR) is 76.9 cm³/mol. The van der Waals surface area contributed by atoms with Crippen molar-refractivity contribution in [2.75, 3.05) is 0 Å². The van der Waals surface area contributed by atoms with Gasteiger partial charge in [-0.1, -0.05) is 0 Å². The number of nitrogens with zero attached hydrogens (tertiary/aromatic N) is 2. The lowest BCUT2D eigenvalue weighted by molar-refractivity contribution is -0.385. The third kappa shape index (κ3) is 2.37. The van der Waals surface area contributed by atoms with Crippen molar-refractivity contribution in [1.82, 2.24) is 4.57 Å². The number of nitro benzene ring substituents is 1. The molecule has 2 rings (SSSR count). The number of pyridine rings is 1. The van der Waals surface area contributed by atoms with Crippen molar-refractivity contribution >= 4 is 22.6 Å². The molecule has 0 aliphatic carbocycles. The number of carboxylic acids is 1. The van der Waals surface area contributed by atoms with Crippen LogP contribution >= 0.6 is 0 Å². The fourth-order valence-electron chi connectivity index (χ4n) is 2.27. The van der Waals surface area contributed by atoms with Crippen LogP contribution in [0.15, 0.2) is 23.1 Å². The van der Waals surface area contributed by atoms with Crippen LogP contribution in [0.2, 0.25) is 0 Å². The van der Waals surface area contributed by atoms with Gasteiger partial charge in [-0.3, -0.25) is 14.9 Å². The number of carboxylic acid groups (broad SMARTS) is 1. The Morgan fingerprint density at radius 3 is 2.48 bits per heavy atom. The number of aromatic nitrogens is 1. The van der Waals surface area contributed by atoms with Crippen LogP contribution in [0, 0.1) is 17.0 Å². The molecule has 0 aliphatic heterocycles. The van der Waals surface area contributed by atoms with Crippen LogP contribution in [0.3, 0.4) is 0 Å². The molecule has 0 spiro atoms. The molecule has 1 N–H and O–H groups in total. The Labute approximate surface area is 119 Å². The largest absolute Gasteiger partial charge is 0.477 e. The maximum Gasteiger partial charge on any atom is 0.341 e. The highest BCUT2D eigenvalue weighted by Gasteiger charge is 2.20. The molecule has 0 saturated heterocycles. The third-order valence-electron chi connectivity index (χ3n) is 3.33. The van der Waals surface area contributed by atoms with Crippen LogP contribution in [0.4, 0.5) is 5.69 Å². The van der Waals surface area contributed by atoms with Gasteiger partial charge in [-0.15, -0.1) is 0 Å². The second-order valence-electron chi connectivity index (χ2n) is 5.09. The van der Waals surface area contributed by atoms with Crippen LogP contribution in [0.5, 0.6) is 0 Å². The van der Waals surface area contributed by atoms with Gasteiger partial charge in [0.05, 0.1) is 15.8 Å². The fourth-order valence-corrected chi connectivity index (χ4v) is 2.27. The summed E-state index contributed by atoms with van der Waals surface area (Å²) >= 11 is 0. The summed E-state index contributed by atoms with van der Waals surface area (Å²) in [6.45, 7) is 5.26. The molecule has 0 amide bonds. The Balaban J connectivity index is 3.02. The van der Waals surface area contributed by atoms with Crippen molar-refractivity contribution < 1.29 is 14.8 Å². The van der Waals surface area contributed by atoms with Gasteiger partial charge in [0.25, 0.3) is 5.69 Å². The number of fused-ring (bicyclic) bond motifs is 1. The predicted octanol–water partition coefficient (Wildman–Crippen LogP) is 2.50. The first-order chi connectivity index (χ1) is 9.73. The first kappa shape index (κ1) is 14.7. The van der Waals surface area contributed by atoms with E-state index in [1.165, 1.54) is 6.20 Å². The van der Waals surface area contributed by atoms with Crippen molar-refractivity contribution in [3.63, 3.8) is 0 Å². The van der Waals surface area contributed by atoms with E-state index in [1.807, 2.05) is 13.8 Å². The first-order valence-corrected chi connectivity index (χ1v) is 6.31. The summed E-state index contributed by atoms with van der Waals surface area (Å²) in [6, 6.07) is 2.60. The monoisotopic (exact) mass is 290 g/mol. The Morgan fingerprint density at radius 1 is 1.38 bits per heavy atom. The van der Waals surface area contributed by atoms with Gasteiger partial charge in [0, 0.05) is 23.9 Å². The van der Waals surface area contributed by atoms with Gasteiger partial charge in [0.1, 0.15) is 5.56 Å². The van der Waals surface area contributed by atoms with Gasteiger partial charge in [0.2, 0.25) is 5.43 Å². The fraction of sp³-hybridized carbons (Fsp3) is 0.286. The van der Waals surface area contributed by atoms with E-state index in [0.29, 0.717) is 11.1 Å². The zero-order valence-corrected chi connectivity index (χ0v) is 11.8. The summed E-state index contributed by atoms with van der Waals surface area (Å²) in [5.41, 5.74) is -0.392. The molecule has 1 aromatic heterocycles. The van der Waals surface area contributed by atoms with Crippen LogP contribution in [-0.4, -0.2) is 20.6 Å². The molecule has 0 atom stereocenters. The van der Waals surface area contributed by atoms with Crippen molar-refractivity contribution in [2.45, 2.75) is 26.8 Å². The van der Waals surface area contributed by atoms with Gasteiger partial charge < -0.3 is 9.67 Å². The molecule has 7 nitrogen and oxygen atoms in total. The lowest BCUT2D eigenvalue weighted by atomic mass is 10.1. The minimum absolute atomic E-state index is 0.0425. The number of rotatable bonds is 3. The molecular formula is C14H14N2O5. The molecule has 0 radical (unpaired) electrons. The number of benzene rings is 1. The van der Waals surface area contributed by atoms with Crippen molar-refractivity contribution in [3.05, 3.63) is 49.8 Å². The highest BCUT2D eigenvalue weighted by Crippen LogP contribution is 2.25. The number of aromatic carboxylic acids is 1. The highest BCUT2D eigenvalue weighted by molar-refractivity contribution is 5.93. The molecule has 21 heavy (non-hydrogen) atoms. The Bertz CT molecular complexity index is 820. The van der Waals surface area contributed by atoms with Gasteiger partial charge in [0.15, 0.2) is 0 Å². The van der Waals surface area contributed by atoms with Gasteiger partial charge in [-0.25, -0.2) is 4.79 Å². The van der Waals surface area contributed by atoms with Crippen molar-refractivity contribution in [1.29, 1.82) is 0 Å². The topological polar surface area (TPSA) is 102 Å². The van der Waals surface area contributed by atoms with Crippen LogP contribution in [0.25, 0.3) is 10.9 Å². The minimum atomic E-state index is -1.35. The quantitative estimate of drug-likeness (QED) is 0.691. The molecule has 0 bridgehead atoms. The van der Waals surface area contributed by atoms with Crippen LogP contribution in [0.1, 0.15) is 35.8 Å². The minimum Gasteiger partial charge on any atom is -0.477 e. The molecular weight excluding hydrogens is 276 g/mol. The van der Waals surface area contributed by atoms with E-state index in [9.17, 15) is 19.7 Å². The van der Waals surface area contributed by atoms with E-state index in [1.54, 1.807) is 17.6 Å². The molecule has 7 heteroatoms. The Kier molecular flexibility index (Phi) is 3.51. The van der Waals surface area contributed by atoms with Gasteiger partial charge in [-0.2, -0.15) is 0 Å². The zero-order valence-electron chi connectivity index (χ0n) is 11.8. The number of aryl methyl sites for hydroxylation is 1. The second kappa shape index (κ2) is 5.01. The number of carbonyl (C=O) groups is 1. The highest BCUT2D eigenvalue weighted by atomic mass is 16.6. The maximum atomic E-state index is 12.2. The molecule has 1 aromatic carbocycles. The summed E-state index contributed by atoms with van der Waals surface area (Å²) in [6.07, 6.45) is 1.28. The average molecular weight is 290 g/mol. The summed E-state index contributed by atoms with van der Waals surface area (Å²) in [5, 5.41) is 20.2. The SMILES string of the molecule is Cc1cc2c(cc1[N+](=O)[O-])c(=O)c(C(=O)O)cn2C(C)C. The molecule has 0 saturated carbocycles. The van der Waals surface area contributed by atoms with E-state index >= 15 is 0 Å². The lowest BCUT2D eigenvalue weighted by Crippen LogP contribution is -2.20. The molecule has 0 fully saturated rings. The third-order valence-corrected chi connectivity index (χ3v) is 3.33. The van der Waals surface area contributed by atoms with E-state index in [4.69, 9.17) is 5.11 Å². The normalized spacial score (nSPS) is 11.0. The van der Waals surface area contributed by atoms with E-state index in [-0.39, 0.29) is 17.1 Å². The Morgan fingerprint density at radius 2 is 2.00 bits per heavy atom. The summed E-state index contributed by atoms with van der Waals surface area (Å²) < 4.78 is 1.64. The van der Waals surface area contributed by atoms with E-state index < -0.39 is 21.9 Å². The lowest BCUT2D eigenvalue weighted by Gasteiger charge is -2.16. The van der Waals surface area contributed by atoms with Gasteiger partial charge >= 0.3 is 5.97 Å². The Hall–Kier alpha value is -2.70. The number of hydrogen-bond acceptors (Lipinski definition) is 4. The van der Waals surface area contributed by atoms with Crippen molar-refractivity contribution in [3.8, 4) is 0 Å². The number of nitro groups is 1. The molecule has 1 heterocycles. The first-order valence-electron chi connectivity index (χ1n) is 6.31. The van der Waals surface area contributed by atoms with Crippen molar-refractivity contribution in [2.24, 2.45) is 0 Å². The summed E-state index contributed by atoms with van der Waals surface area (Å²) in [4.78, 5) is 33.8.